The highest BCUT2D eigenvalue weighted by Gasteiger charge is 2.12. The Morgan fingerprint density at radius 1 is 1.20 bits per heavy atom. The third kappa shape index (κ3) is 2.20. The summed E-state index contributed by atoms with van der Waals surface area (Å²) in [6, 6.07) is 6.20. The molecule has 0 bridgehead atoms. The van der Waals surface area contributed by atoms with Gasteiger partial charge in [0.2, 0.25) is 5.28 Å². The zero-order valence-electron chi connectivity index (χ0n) is 11.5. The Morgan fingerprint density at radius 3 is 2.75 bits per heavy atom. The standard InChI is InChI=1S/C14H14ClN5/c1-8-4-5-10(9(2)6-8)17-13-11-12(16-7-20(11)3)18-14(15)19-13/h4-7H,1-3H3,(H,17,18,19). The van der Waals surface area contributed by atoms with Gasteiger partial charge in [-0.25, -0.2) is 4.98 Å². The molecule has 0 saturated carbocycles. The minimum Gasteiger partial charge on any atom is -0.338 e. The summed E-state index contributed by atoms with van der Waals surface area (Å²) in [5, 5.41) is 3.50. The number of nitrogens with zero attached hydrogens (tertiary/aromatic N) is 4. The first-order valence-electron chi connectivity index (χ1n) is 6.23. The lowest BCUT2D eigenvalue weighted by Gasteiger charge is -2.11. The molecule has 1 aromatic carbocycles. The molecule has 0 fully saturated rings. The molecule has 0 amide bonds. The summed E-state index contributed by atoms with van der Waals surface area (Å²) in [4.78, 5) is 12.6. The number of hydrogen-bond donors (Lipinski definition) is 1. The van der Waals surface area contributed by atoms with E-state index in [-0.39, 0.29) is 5.28 Å². The van der Waals surface area contributed by atoms with Crippen LogP contribution in [0.2, 0.25) is 5.28 Å². The van der Waals surface area contributed by atoms with Gasteiger partial charge in [0.1, 0.15) is 5.52 Å². The molecule has 0 unspecified atom stereocenters. The summed E-state index contributed by atoms with van der Waals surface area (Å²) < 4.78 is 1.87. The number of rotatable bonds is 2. The van der Waals surface area contributed by atoms with Crippen LogP contribution < -0.4 is 5.32 Å². The van der Waals surface area contributed by atoms with Crippen LogP contribution in [-0.2, 0) is 7.05 Å². The van der Waals surface area contributed by atoms with Gasteiger partial charge in [0, 0.05) is 12.7 Å². The number of nitrogens with one attached hydrogen (secondary N) is 1. The highest BCUT2D eigenvalue weighted by molar-refractivity contribution is 6.28. The summed E-state index contributed by atoms with van der Waals surface area (Å²) in [6.07, 6.45) is 1.70. The summed E-state index contributed by atoms with van der Waals surface area (Å²) >= 11 is 5.95. The Morgan fingerprint density at radius 2 is 2.00 bits per heavy atom. The number of imidazole rings is 1. The van der Waals surface area contributed by atoms with Crippen LogP contribution in [-0.4, -0.2) is 19.5 Å². The molecule has 20 heavy (non-hydrogen) atoms. The van der Waals surface area contributed by atoms with E-state index in [2.05, 4.69) is 46.2 Å². The predicted octanol–water partition coefficient (Wildman–Crippen LogP) is 3.38. The number of hydrogen-bond acceptors (Lipinski definition) is 4. The number of benzene rings is 1. The van der Waals surface area contributed by atoms with Crippen LogP contribution in [0.15, 0.2) is 24.5 Å². The lowest BCUT2D eigenvalue weighted by atomic mass is 10.1. The third-order valence-electron chi connectivity index (χ3n) is 3.18. The van der Waals surface area contributed by atoms with E-state index in [9.17, 15) is 0 Å². The first kappa shape index (κ1) is 12.9. The predicted molar refractivity (Wildman–Crippen MR) is 80.5 cm³/mol. The second-order valence-electron chi connectivity index (χ2n) is 4.81. The van der Waals surface area contributed by atoms with Crippen molar-refractivity contribution in [3.63, 3.8) is 0 Å². The van der Waals surface area contributed by atoms with Crippen molar-refractivity contribution in [2.45, 2.75) is 13.8 Å². The molecule has 3 rings (SSSR count). The van der Waals surface area contributed by atoms with E-state index in [4.69, 9.17) is 11.6 Å². The molecule has 0 atom stereocenters. The van der Waals surface area contributed by atoms with Gasteiger partial charge in [-0.05, 0) is 37.1 Å². The van der Waals surface area contributed by atoms with E-state index in [0.717, 1.165) is 16.8 Å². The van der Waals surface area contributed by atoms with Gasteiger partial charge < -0.3 is 9.88 Å². The minimum atomic E-state index is 0.184. The fourth-order valence-corrected chi connectivity index (χ4v) is 2.36. The van der Waals surface area contributed by atoms with Crippen LogP contribution in [0.25, 0.3) is 11.2 Å². The van der Waals surface area contributed by atoms with Crippen molar-refractivity contribution in [3.05, 3.63) is 40.9 Å². The number of halogens is 1. The van der Waals surface area contributed by atoms with Crippen molar-refractivity contribution in [3.8, 4) is 0 Å². The molecule has 0 saturated heterocycles. The second kappa shape index (κ2) is 4.76. The average Bonchev–Trinajstić information content (AvgIpc) is 2.74. The lowest BCUT2D eigenvalue weighted by Crippen LogP contribution is -2.01. The quantitative estimate of drug-likeness (QED) is 0.734. The lowest BCUT2D eigenvalue weighted by molar-refractivity contribution is 0.945. The fraction of sp³-hybridized carbons (Fsp3) is 0.214. The van der Waals surface area contributed by atoms with Gasteiger partial charge in [0.25, 0.3) is 0 Å². The molecule has 0 aliphatic heterocycles. The molecule has 0 aliphatic carbocycles. The Bertz CT molecular complexity index is 794. The molecule has 5 nitrogen and oxygen atoms in total. The second-order valence-corrected chi connectivity index (χ2v) is 5.15. The molecule has 2 heterocycles. The molecule has 1 N–H and O–H groups in total. The first-order valence-corrected chi connectivity index (χ1v) is 6.61. The number of anilines is 2. The summed E-state index contributed by atoms with van der Waals surface area (Å²) in [5.74, 6) is 0.659. The summed E-state index contributed by atoms with van der Waals surface area (Å²) in [6.45, 7) is 4.12. The molecule has 0 spiro atoms. The van der Waals surface area contributed by atoms with E-state index >= 15 is 0 Å². The van der Waals surface area contributed by atoms with Gasteiger partial charge in [-0.3, -0.25) is 0 Å². The van der Waals surface area contributed by atoms with Crippen molar-refractivity contribution in [1.29, 1.82) is 0 Å². The first-order chi connectivity index (χ1) is 9.54. The topological polar surface area (TPSA) is 55.6 Å². The molecular formula is C14H14ClN5. The van der Waals surface area contributed by atoms with Gasteiger partial charge in [-0.15, -0.1) is 0 Å². The molecule has 102 valence electrons. The Balaban J connectivity index is 2.12. The number of aromatic nitrogens is 4. The maximum atomic E-state index is 5.95. The van der Waals surface area contributed by atoms with Gasteiger partial charge in [-0.2, -0.15) is 9.97 Å². The normalized spacial score (nSPS) is 11.0. The van der Waals surface area contributed by atoms with Crippen LogP contribution in [0.3, 0.4) is 0 Å². The zero-order chi connectivity index (χ0) is 14.3. The number of fused-ring (bicyclic) bond motifs is 1. The smallest absolute Gasteiger partial charge is 0.226 e. The van der Waals surface area contributed by atoms with Crippen molar-refractivity contribution < 1.29 is 0 Å². The highest BCUT2D eigenvalue weighted by Crippen LogP contribution is 2.26. The maximum Gasteiger partial charge on any atom is 0.226 e. The van der Waals surface area contributed by atoms with Crippen LogP contribution in [0.5, 0.6) is 0 Å². The molecular weight excluding hydrogens is 274 g/mol. The van der Waals surface area contributed by atoms with Crippen LogP contribution in [0.1, 0.15) is 11.1 Å². The van der Waals surface area contributed by atoms with E-state index in [1.165, 1.54) is 5.56 Å². The van der Waals surface area contributed by atoms with Crippen molar-refractivity contribution in [2.75, 3.05) is 5.32 Å². The Hall–Kier alpha value is -2.14. The molecule has 2 aromatic heterocycles. The molecule has 6 heteroatoms. The van der Waals surface area contributed by atoms with Crippen LogP contribution in [0.4, 0.5) is 11.5 Å². The molecule has 0 radical (unpaired) electrons. The van der Waals surface area contributed by atoms with E-state index in [0.29, 0.717) is 11.5 Å². The van der Waals surface area contributed by atoms with Gasteiger partial charge in [0.15, 0.2) is 11.5 Å². The average molecular weight is 288 g/mol. The van der Waals surface area contributed by atoms with Crippen LogP contribution in [0, 0.1) is 13.8 Å². The van der Waals surface area contributed by atoms with Gasteiger partial charge in [0.05, 0.1) is 6.33 Å². The third-order valence-corrected chi connectivity index (χ3v) is 3.35. The van der Waals surface area contributed by atoms with Crippen LogP contribution >= 0.6 is 11.6 Å². The van der Waals surface area contributed by atoms with Gasteiger partial charge in [-0.1, -0.05) is 17.7 Å². The minimum absolute atomic E-state index is 0.184. The van der Waals surface area contributed by atoms with Gasteiger partial charge >= 0.3 is 0 Å². The van der Waals surface area contributed by atoms with Crippen molar-refractivity contribution >= 4 is 34.3 Å². The zero-order valence-corrected chi connectivity index (χ0v) is 12.2. The summed E-state index contributed by atoms with van der Waals surface area (Å²) in [7, 11) is 1.90. The molecule has 3 aromatic rings. The summed E-state index contributed by atoms with van der Waals surface area (Å²) in [5.41, 5.74) is 4.77. The fourth-order valence-electron chi connectivity index (χ4n) is 2.20. The highest BCUT2D eigenvalue weighted by atomic mass is 35.5. The van der Waals surface area contributed by atoms with E-state index in [1.54, 1.807) is 6.33 Å². The number of aryl methyl sites for hydroxylation is 3. The van der Waals surface area contributed by atoms with Crippen molar-refractivity contribution in [1.82, 2.24) is 19.5 Å². The van der Waals surface area contributed by atoms with E-state index in [1.807, 2.05) is 17.7 Å². The van der Waals surface area contributed by atoms with E-state index < -0.39 is 0 Å². The SMILES string of the molecule is Cc1ccc(Nc2nc(Cl)nc3ncn(C)c23)c(C)c1. The monoisotopic (exact) mass is 287 g/mol. The maximum absolute atomic E-state index is 5.95. The Labute approximate surface area is 121 Å². The largest absolute Gasteiger partial charge is 0.338 e. The van der Waals surface area contributed by atoms with Crippen molar-refractivity contribution in [2.24, 2.45) is 7.05 Å². The Kier molecular flexibility index (Phi) is 3.06. The molecule has 0 aliphatic rings.